The van der Waals surface area contributed by atoms with Crippen LogP contribution in [-0.2, 0) is 0 Å². The van der Waals surface area contributed by atoms with Crippen molar-refractivity contribution in [3.05, 3.63) is 36.4 Å². The number of methoxy groups -OCH3 is 2. The van der Waals surface area contributed by atoms with E-state index in [9.17, 15) is 5.11 Å². The summed E-state index contributed by atoms with van der Waals surface area (Å²) in [7, 11) is 3.11. The number of para-hydroxylation sites is 2. The Morgan fingerprint density at radius 1 is 1.11 bits per heavy atom. The second kappa shape index (κ2) is 8.62. The van der Waals surface area contributed by atoms with E-state index in [0.29, 0.717) is 52.8 Å². The summed E-state index contributed by atoms with van der Waals surface area (Å²) in [6, 6.07) is 11.0. The number of aliphatic hydroxyl groups excluding tert-OH is 1. The number of nitrogens with two attached hydrogens (primary N) is 1. The van der Waals surface area contributed by atoms with Gasteiger partial charge >= 0.3 is 0 Å². The summed E-state index contributed by atoms with van der Waals surface area (Å²) in [6.45, 7) is 2.02. The summed E-state index contributed by atoms with van der Waals surface area (Å²) in [6.07, 6.45) is 0.00895. The van der Waals surface area contributed by atoms with Gasteiger partial charge in [-0.05, 0) is 19.1 Å². The molecule has 0 aliphatic heterocycles. The molecule has 0 spiro atoms. The SMILES string of the molecule is COc1cc(Nc2nc3ccccc3nc2N)c(OCCC(C)O)c(OC)c1. The third-order valence-corrected chi connectivity index (χ3v) is 4.12. The van der Waals surface area contributed by atoms with Crippen LogP contribution >= 0.6 is 0 Å². The third-order valence-electron chi connectivity index (χ3n) is 4.12. The van der Waals surface area contributed by atoms with Crippen molar-refractivity contribution in [3.63, 3.8) is 0 Å². The van der Waals surface area contributed by atoms with Crippen LogP contribution in [0.25, 0.3) is 11.0 Å². The Labute approximate surface area is 163 Å². The number of nitrogen functional groups attached to an aromatic ring is 1. The number of aromatic nitrogens is 2. The summed E-state index contributed by atoms with van der Waals surface area (Å²) in [5, 5.41) is 12.7. The third kappa shape index (κ3) is 4.34. The predicted molar refractivity (Wildman–Crippen MR) is 109 cm³/mol. The monoisotopic (exact) mass is 384 g/mol. The largest absolute Gasteiger partial charge is 0.497 e. The van der Waals surface area contributed by atoms with Crippen molar-refractivity contribution in [3.8, 4) is 17.2 Å². The molecule has 3 rings (SSSR count). The fourth-order valence-electron chi connectivity index (χ4n) is 2.65. The van der Waals surface area contributed by atoms with Crippen LogP contribution in [-0.4, -0.2) is 42.0 Å². The van der Waals surface area contributed by atoms with Crippen LogP contribution in [0.15, 0.2) is 36.4 Å². The maximum absolute atomic E-state index is 9.50. The van der Waals surface area contributed by atoms with Crippen molar-refractivity contribution < 1.29 is 19.3 Å². The Morgan fingerprint density at radius 3 is 2.46 bits per heavy atom. The fourth-order valence-corrected chi connectivity index (χ4v) is 2.65. The van der Waals surface area contributed by atoms with Gasteiger partial charge in [0, 0.05) is 18.6 Å². The smallest absolute Gasteiger partial charge is 0.184 e. The Morgan fingerprint density at radius 2 is 1.82 bits per heavy atom. The van der Waals surface area contributed by atoms with Gasteiger partial charge in [-0.2, -0.15) is 0 Å². The van der Waals surface area contributed by atoms with Crippen LogP contribution in [0.4, 0.5) is 17.3 Å². The molecule has 0 saturated heterocycles. The maximum Gasteiger partial charge on any atom is 0.184 e. The second-order valence-electron chi connectivity index (χ2n) is 6.26. The molecule has 1 atom stereocenters. The molecular weight excluding hydrogens is 360 g/mol. The summed E-state index contributed by atoms with van der Waals surface area (Å²) in [5.41, 5.74) is 8.08. The number of nitrogens with zero attached hydrogens (tertiary/aromatic N) is 2. The van der Waals surface area contributed by atoms with Crippen molar-refractivity contribution >= 4 is 28.4 Å². The van der Waals surface area contributed by atoms with Gasteiger partial charge in [0.05, 0.1) is 43.7 Å². The van der Waals surface area contributed by atoms with Crippen LogP contribution in [0, 0.1) is 0 Å². The van der Waals surface area contributed by atoms with Gasteiger partial charge < -0.3 is 30.4 Å². The molecule has 3 aromatic rings. The highest BCUT2D eigenvalue weighted by Crippen LogP contribution is 2.41. The summed E-state index contributed by atoms with van der Waals surface area (Å²) in [5.74, 6) is 2.19. The lowest BCUT2D eigenvalue weighted by atomic mass is 10.2. The zero-order chi connectivity index (χ0) is 20.1. The number of hydrogen-bond acceptors (Lipinski definition) is 8. The van der Waals surface area contributed by atoms with Gasteiger partial charge in [-0.3, -0.25) is 0 Å². The Hall–Kier alpha value is -3.26. The van der Waals surface area contributed by atoms with Crippen LogP contribution in [0.3, 0.4) is 0 Å². The molecule has 4 N–H and O–H groups in total. The number of nitrogens with one attached hydrogen (secondary N) is 1. The van der Waals surface area contributed by atoms with Crippen LogP contribution in [0.2, 0.25) is 0 Å². The topological polar surface area (TPSA) is 112 Å². The van der Waals surface area contributed by atoms with Gasteiger partial charge in [-0.15, -0.1) is 0 Å². The minimum Gasteiger partial charge on any atom is -0.497 e. The number of fused-ring (bicyclic) bond motifs is 1. The predicted octanol–water partition coefficient (Wildman–Crippen LogP) is 3.12. The highest BCUT2D eigenvalue weighted by Gasteiger charge is 2.17. The molecule has 1 aromatic heterocycles. The molecule has 2 aromatic carbocycles. The lowest BCUT2D eigenvalue weighted by molar-refractivity contribution is 0.154. The lowest BCUT2D eigenvalue weighted by Crippen LogP contribution is -2.10. The van der Waals surface area contributed by atoms with E-state index >= 15 is 0 Å². The molecular formula is C20H24N4O4. The molecule has 1 unspecified atom stereocenters. The number of aliphatic hydroxyl groups is 1. The maximum atomic E-state index is 9.50. The first-order chi connectivity index (χ1) is 13.5. The van der Waals surface area contributed by atoms with Crippen LogP contribution in [0.1, 0.15) is 13.3 Å². The Bertz CT molecular complexity index is 962. The number of hydrogen-bond donors (Lipinski definition) is 3. The molecule has 0 radical (unpaired) electrons. The second-order valence-corrected chi connectivity index (χ2v) is 6.26. The number of ether oxygens (including phenoxy) is 3. The van der Waals surface area contributed by atoms with Gasteiger partial charge in [-0.25, -0.2) is 9.97 Å². The van der Waals surface area contributed by atoms with Gasteiger partial charge in [0.15, 0.2) is 23.1 Å². The van der Waals surface area contributed by atoms with Crippen molar-refractivity contribution in [1.82, 2.24) is 9.97 Å². The van der Waals surface area contributed by atoms with Gasteiger partial charge in [0.25, 0.3) is 0 Å². The minimum absolute atomic E-state index is 0.260. The van der Waals surface area contributed by atoms with Crippen molar-refractivity contribution in [2.75, 3.05) is 31.9 Å². The van der Waals surface area contributed by atoms with Gasteiger partial charge in [0.1, 0.15) is 5.75 Å². The molecule has 0 bridgehead atoms. The Balaban J connectivity index is 2.00. The molecule has 0 aliphatic carbocycles. The van der Waals surface area contributed by atoms with E-state index in [2.05, 4.69) is 15.3 Å². The molecule has 1 heterocycles. The normalized spacial score (nSPS) is 11.9. The van der Waals surface area contributed by atoms with E-state index in [-0.39, 0.29) is 5.82 Å². The van der Waals surface area contributed by atoms with Crippen molar-refractivity contribution in [2.45, 2.75) is 19.4 Å². The molecule has 28 heavy (non-hydrogen) atoms. The Kier molecular flexibility index (Phi) is 6.00. The van der Waals surface area contributed by atoms with Gasteiger partial charge in [-0.1, -0.05) is 12.1 Å². The average Bonchev–Trinajstić information content (AvgIpc) is 2.68. The summed E-state index contributed by atoms with van der Waals surface area (Å²) < 4.78 is 16.7. The molecule has 8 nitrogen and oxygen atoms in total. The molecule has 8 heteroatoms. The van der Waals surface area contributed by atoms with E-state index in [1.54, 1.807) is 33.3 Å². The number of benzene rings is 2. The average molecular weight is 384 g/mol. The summed E-state index contributed by atoms with van der Waals surface area (Å²) >= 11 is 0. The van der Waals surface area contributed by atoms with Crippen LogP contribution < -0.4 is 25.3 Å². The van der Waals surface area contributed by atoms with E-state index in [4.69, 9.17) is 19.9 Å². The zero-order valence-electron chi connectivity index (χ0n) is 16.1. The first-order valence-electron chi connectivity index (χ1n) is 8.88. The number of anilines is 3. The minimum atomic E-state index is -0.470. The van der Waals surface area contributed by atoms with Gasteiger partial charge in [0.2, 0.25) is 0 Å². The molecule has 0 amide bonds. The first kappa shape index (κ1) is 19.5. The van der Waals surface area contributed by atoms with E-state index in [0.717, 1.165) is 0 Å². The fraction of sp³-hybridized carbons (Fsp3) is 0.300. The molecule has 0 aliphatic rings. The highest BCUT2D eigenvalue weighted by molar-refractivity contribution is 5.82. The molecule has 0 fully saturated rings. The first-order valence-corrected chi connectivity index (χ1v) is 8.88. The number of rotatable bonds is 8. The quantitative estimate of drug-likeness (QED) is 0.543. The van der Waals surface area contributed by atoms with Crippen molar-refractivity contribution in [2.24, 2.45) is 0 Å². The van der Waals surface area contributed by atoms with Crippen LogP contribution in [0.5, 0.6) is 17.2 Å². The summed E-state index contributed by atoms with van der Waals surface area (Å²) in [4.78, 5) is 8.94. The lowest BCUT2D eigenvalue weighted by Gasteiger charge is -2.18. The zero-order valence-corrected chi connectivity index (χ0v) is 16.1. The molecule has 148 valence electrons. The molecule has 0 saturated carbocycles. The van der Waals surface area contributed by atoms with E-state index in [1.807, 2.05) is 24.3 Å². The standard InChI is InChI=1S/C20H24N4O4/c1-12(25)8-9-28-18-16(10-13(26-2)11-17(18)27-3)24-20-19(21)22-14-6-4-5-7-15(14)23-20/h4-7,10-12,25H,8-9H2,1-3H3,(H2,21,22)(H,23,24). The van der Waals surface area contributed by atoms with E-state index < -0.39 is 6.10 Å². The highest BCUT2D eigenvalue weighted by atomic mass is 16.5. The van der Waals surface area contributed by atoms with E-state index in [1.165, 1.54) is 0 Å². The van der Waals surface area contributed by atoms with Crippen molar-refractivity contribution in [1.29, 1.82) is 0 Å².